The Balaban J connectivity index is 1.58. The van der Waals surface area contributed by atoms with Crippen molar-refractivity contribution in [3.63, 3.8) is 0 Å². The highest BCUT2D eigenvalue weighted by atomic mass is 19.1. The van der Waals surface area contributed by atoms with Gasteiger partial charge in [0.25, 0.3) is 0 Å². The lowest BCUT2D eigenvalue weighted by molar-refractivity contribution is 0.168. The molecule has 4 rings (SSSR count). The lowest BCUT2D eigenvalue weighted by Gasteiger charge is -2.07. The molecule has 0 aliphatic heterocycles. The van der Waals surface area contributed by atoms with Crippen molar-refractivity contribution >= 4 is 22.5 Å². The van der Waals surface area contributed by atoms with Gasteiger partial charge >= 0.3 is 0 Å². The van der Waals surface area contributed by atoms with Crippen LogP contribution >= 0.6 is 0 Å². The van der Waals surface area contributed by atoms with Crippen LogP contribution in [-0.2, 0) is 13.1 Å². The zero-order chi connectivity index (χ0) is 18.8. The molecule has 1 unspecified atom stereocenters. The van der Waals surface area contributed by atoms with Crippen molar-refractivity contribution < 1.29 is 9.50 Å². The molecule has 7 nitrogen and oxygen atoms in total. The first-order valence-corrected chi connectivity index (χ1v) is 8.62. The molecular weight excluding hydrogens is 347 g/mol. The third kappa shape index (κ3) is 3.80. The standard InChI is InChI=1S/C19H19FN6O/c1-13(27)11-25-7-6-18(24-25)23-19-8-17-15(9-21-19)10-22-26(17)12-14-4-2-3-5-16(14)20/h2-10,13,27H,11-12H2,1H3,(H,21,23,24). The van der Waals surface area contributed by atoms with Gasteiger partial charge in [-0.15, -0.1) is 0 Å². The molecule has 0 saturated heterocycles. The monoisotopic (exact) mass is 366 g/mol. The molecule has 0 spiro atoms. The largest absolute Gasteiger partial charge is 0.391 e. The first-order valence-electron chi connectivity index (χ1n) is 8.62. The molecule has 0 radical (unpaired) electrons. The quantitative estimate of drug-likeness (QED) is 0.548. The number of nitrogens with zero attached hydrogens (tertiary/aromatic N) is 5. The highest BCUT2D eigenvalue weighted by Crippen LogP contribution is 2.20. The third-order valence-corrected chi connectivity index (χ3v) is 4.15. The lowest BCUT2D eigenvalue weighted by atomic mass is 10.2. The molecule has 138 valence electrons. The minimum Gasteiger partial charge on any atom is -0.391 e. The number of rotatable bonds is 6. The van der Waals surface area contributed by atoms with Gasteiger partial charge in [-0.25, -0.2) is 9.37 Å². The lowest BCUT2D eigenvalue weighted by Crippen LogP contribution is -2.12. The second-order valence-corrected chi connectivity index (χ2v) is 6.42. The summed E-state index contributed by atoms with van der Waals surface area (Å²) in [6.45, 7) is 2.47. The number of fused-ring (bicyclic) bond motifs is 1. The summed E-state index contributed by atoms with van der Waals surface area (Å²) in [5.41, 5.74) is 1.42. The number of nitrogens with one attached hydrogen (secondary N) is 1. The molecule has 0 fully saturated rings. The molecule has 27 heavy (non-hydrogen) atoms. The number of aliphatic hydroxyl groups is 1. The summed E-state index contributed by atoms with van der Waals surface area (Å²) in [6.07, 6.45) is 4.75. The summed E-state index contributed by atoms with van der Waals surface area (Å²) in [6, 6.07) is 10.3. The van der Waals surface area contributed by atoms with Crippen LogP contribution in [0.3, 0.4) is 0 Å². The number of anilines is 2. The molecular formula is C19H19FN6O. The number of hydrogen-bond acceptors (Lipinski definition) is 5. The highest BCUT2D eigenvalue weighted by molar-refractivity contribution is 5.80. The summed E-state index contributed by atoms with van der Waals surface area (Å²) in [5, 5.41) is 22.2. The summed E-state index contributed by atoms with van der Waals surface area (Å²) in [7, 11) is 0. The van der Waals surface area contributed by atoms with E-state index < -0.39 is 6.10 Å². The Labute approximate surface area is 155 Å². The van der Waals surface area contributed by atoms with Gasteiger partial charge in [0.1, 0.15) is 11.6 Å². The number of hydrogen-bond donors (Lipinski definition) is 2. The predicted molar refractivity (Wildman–Crippen MR) is 100 cm³/mol. The number of halogens is 1. The van der Waals surface area contributed by atoms with Crippen molar-refractivity contribution in [1.29, 1.82) is 0 Å². The van der Waals surface area contributed by atoms with Crippen LogP contribution in [0.4, 0.5) is 16.0 Å². The van der Waals surface area contributed by atoms with E-state index in [9.17, 15) is 9.50 Å². The molecule has 1 atom stereocenters. The molecule has 1 aromatic carbocycles. The van der Waals surface area contributed by atoms with Crippen molar-refractivity contribution in [3.05, 3.63) is 66.4 Å². The zero-order valence-corrected chi connectivity index (χ0v) is 14.7. The summed E-state index contributed by atoms with van der Waals surface area (Å²) < 4.78 is 17.4. The molecule has 0 amide bonds. The fourth-order valence-electron chi connectivity index (χ4n) is 2.89. The first kappa shape index (κ1) is 17.2. The van der Waals surface area contributed by atoms with Crippen LogP contribution in [0.5, 0.6) is 0 Å². The van der Waals surface area contributed by atoms with Crippen LogP contribution in [0.2, 0.25) is 0 Å². The van der Waals surface area contributed by atoms with Crippen LogP contribution in [0.15, 0.2) is 55.0 Å². The van der Waals surface area contributed by atoms with E-state index in [0.29, 0.717) is 30.3 Å². The number of pyridine rings is 1. The summed E-state index contributed by atoms with van der Waals surface area (Å²) in [4.78, 5) is 4.37. The predicted octanol–water partition coefficient (Wildman–Crippen LogP) is 2.94. The minimum absolute atomic E-state index is 0.253. The average Bonchev–Trinajstić information content (AvgIpc) is 3.23. The van der Waals surface area contributed by atoms with Crippen molar-refractivity contribution in [3.8, 4) is 0 Å². The summed E-state index contributed by atoms with van der Waals surface area (Å²) in [5.74, 6) is 0.986. The normalized spacial score (nSPS) is 12.4. The van der Waals surface area contributed by atoms with Gasteiger partial charge in [0.15, 0.2) is 5.82 Å². The van der Waals surface area contributed by atoms with E-state index in [-0.39, 0.29) is 5.82 Å². The number of benzene rings is 1. The Morgan fingerprint density at radius 1 is 1.19 bits per heavy atom. The molecule has 4 aromatic rings. The van der Waals surface area contributed by atoms with Gasteiger partial charge in [0.05, 0.1) is 30.9 Å². The van der Waals surface area contributed by atoms with Crippen LogP contribution in [0.25, 0.3) is 10.9 Å². The maximum atomic E-state index is 13.9. The van der Waals surface area contributed by atoms with E-state index in [1.54, 1.807) is 47.0 Å². The Bertz CT molecular complexity index is 1070. The van der Waals surface area contributed by atoms with Crippen molar-refractivity contribution in [1.82, 2.24) is 24.5 Å². The van der Waals surface area contributed by atoms with Gasteiger partial charge in [0, 0.05) is 35.5 Å². The van der Waals surface area contributed by atoms with E-state index in [2.05, 4.69) is 20.5 Å². The van der Waals surface area contributed by atoms with E-state index in [1.165, 1.54) is 6.07 Å². The topological polar surface area (TPSA) is 80.8 Å². The Morgan fingerprint density at radius 2 is 2.04 bits per heavy atom. The SMILES string of the molecule is CC(O)Cn1ccc(Nc2cc3c(cn2)cnn3Cc2ccccc2F)n1. The van der Waals surface area contributed by atoms with Crippen LogP contribution < -0.4 is 5.32 Å². The zero-order valence-electron chi connectivity index (χ0n) is 14.7. The van der Waals surface area contributed by atoms with Crippen LogP contribution in [-0.4, -0.2) is 35.8 Å². The van der Waals surface area contributed by atoms with E-state index >= 15 is 0 Å². The highest BCUT2D eigenvalue weighted by Gasteiger charge is 2.09. The van der Waals surface area contributed by atoms with Crippen LogP contribution in [0.1, 0.15) is 12.5 Å². The molecule has 8 heteroatoms. The smallest absolute Gasteiger partial charge is 0.153 e. The van der Waals surface area contributed by atoms with Gasteiger partial charge in [-0.3, -0.25) is 9.36 Å². The van der Waals surface area contributed by atoms with Crippen molar-refractivity contribution in [2.75, 3.05) is 5.32 Å². The molecule has 0 aliphatic rings. The van der Waals surface area contributed by atoms with Gasteiger partial charge in [-0.2, -0.15) is 10.2 Å². The van der Waals surface area contributed by atoms with E-state index in [1.807, 2.05) is 18.2 Å². The van der Waals surface area contributed by atoms with Gasteiger partial charge < -0.3 is 10.4 Å². The molecule has 0 aliphatic carbocycles. The molecule has 0 saturated carbocycles. The molecule has 3 heterocycles. The van der Waals surface area contributed by atoms with Gasteiger partial charge in [-0.05, 0) is 13.0 Å². The van der Waals surface area contributed by atoms with E-state index in [0.717, 1.165) is 10.9 Å². The second-order valence-electron chi connectivity index (χ2n) is 6.42. The fourth-order valence-corrected chi connectivity index (χ4v) is 2.89. The molecule has 0 bridgehead atoms. The second kappa shape index (κ2) is 7.16. The van der Waals surface area contributed by atoms with Crippen molar-refractivity contribution in [2.45, 2.75) is 26.1 Å². The number of aliphatic hydroxyl groups excluding tert-OH is 1. The van der Waals surface area contributed by atoms with Gasteiger partial charge in [0.2, 0.25) is 0 Å². The Kier molecular flexibility index (Phi) is 4.55. The third-order valence-electron chi connectivity index (χ3n) is 4.15. The maximum Gasteiger partial charge on any atom is 0.153 e. The average molecular weight is 366 g/mol. The Morgan fingerprint density at radius 3 is 2.85 bits per heavy atom. The van der Waals surface area contributed by atoms with E-state index in [4.69, 9.17) is 0 Å². The fraction of sp³-hybridized carbons (Fsp3) is 0.211. The number of aromatic nitrogens is 5. The molecule has 2 N–H and O–H groups in total. The minimum atomic E-state index is -0.472. The summed E-state index contributed by atoms with van der Waals surface area (Å²) >= 11 is 0. The van der Waals surface area contributed by atoms with Crippen molar-refractivity contribution in [2.24, 2.45) is 0 Å². The van der Waals surface area contributed by atoms with Crippen LogP contribution in [0, 0.1) is 5.82 Å². The first-order chi connectivity index (χ1) is 13.1. The maximum absolute atomic E-state index is 13.9. The Hall–Kier alpha value is -3.26. The molecule has 3 aromatic heterocycles. The van der Waals surface area contributed by atoms with Gasteiger partial charge in [-0.1, -0.05) is 18.2 Å².